The molecule has 1 aromatic carbocycles. The average molecular weight is 328 g/mol. The number of aliphatic hydroxyl groups is 1. The van der Waals surface area contributed by atoms with E-state index in [1.807, 2.05) is 24.3 Å². The van der Waals surface area contributed by atoms with Gasteiger partial charge in [-0.2, -0.15) is 0 Å². The van der Waals surface area contributed by atoms with E-state index in [1.54, 1.807) is 18.1 Å². The molecule has 4 nitrogen and oxygen atoms in total. The van der Waals surface area contributed by atoms with Crippen LogP contribution >= 0.6 is 15.9 Å². The number of aliphatic hydroxyl groups excluding tert-OH is 1. The van der Waals surface area contributed by atoms with E-state index in [2.05, 4.69) is 15.9 Å². The molecule has 1 rings (SSSR count). The first kappa shape index (κ1) is 15.9. The maximum Gasteiger partial charge on any atom is 0.246 e. The summed E-state index contributed by atoms with van der Waals surface area (Å²) in [4.78, 5) is 13.5. The minimum Gasteiger partial charge on any atom is -0.395 e. The molecular formula is C14H18BrNO3. The first-order chi connectivity index (χ1) is 9.19. The van der Waals surface area contributed by atoms with Crippen molar-refractivity contribution in [3.8, 4) is 0 Å². The summed E-state index contributed by atoms with van der Waals surface area (Å²) in [7, 11) is 1.58. The van der Waals surface area contributed by atoms with Crippen LogP contribution in [0.4, 0.5) is 0 Å². The lowest BCUT2D eigenvalue weighted by Gasteiger charge is -2.19. The highest BCUT2D eigenvalue weighted by Gasteiger charge is 2.09. The second-order valence-electron chi connectivity index (χ2n) is 3.90. The maximum atomic E-state index is 12.0. The Hall–Kier alpha value is -1.17. The number of hydrogen-bond donors (Lipinski definition) is 1. The number of carbonyl (C=O) groups is 1. The maximum absolute atomic E-state index is 12.0. The Labute approximate surface area is 121 Å². The van der Waals surface area contributed by atoms with Crippen LogP contribution in [0.2, 0.25) is 0 Å². The summed E-state index contributed by atoms with van der Waals surface area (Å²) in [6.07, 6.45) is 3.26. The quantitative estimate of drug-likeness (QED) is 0.778. The highest BCUT2D eigenvalue weighted by molar-refractivity contribution is 9.10. The van der Waals surface area contributed by atoms with E-state index >= 15 is 0 Å². The summed E-state index contributed by atoms with van der Waals surface area (Å²) in [5, 5.41) is 8.95. The van der Waals surface area contributed by atoms with Gasteiger partial charge in [-0.15, -0.1) is 0 Å². The molecule has 0 saturated heterocycles. The molecule has 0 saturated carbocycles. The molecule has 0 aliphatic carbocycles. The monoisotopic (exact) mass is 327 g/mol. The van der Waals surface area contributed by atoms with Gasteiger partial charge in [0.25, 0.3) is 0 Å². The third-order valence-corrected chi connectivity index (χ3v) is 3.28. The van der Waals surface area contributed by atoms with E-state index in [0.717, 1.165) is 10.0 Å². The topological polar surface area (TPSA) is 49.8 Å². The molecule has 0 aliphatic heterocycles. The van der Waals surface area contributed by atoms with Gasteiger partial charge in [0, 0.05) is 30.7 Å². The van der Waals surface area contributed by atoms with Crippen LogP contribution < -0.4 is 0 Å². The number of benzene rings is 1. The fourth-order valence-electron chi connectivity index (χ4n) is 1.53. The summed E-state index contributed by atoms with van der Waals surface area (Å²) in [6, 6.07) is 7.66. The lowest BCUT2D eigenvalue weighted by atomic mass is 10.2. The summed E-state index contributed by atoms with van der Waals surface area (Å²) < 4.78 is 5.88. The molecule has 5 heteroatoms. The smallest absolute Gasteiger partial charge is 0.246 e. The molecule has 0 fully saturated rings. The largest absolute Gasteiger partial charge is 0.395 e. The van der Waals surface area contributed by atoms with Gasteiger partial charge in [-0.05, 0) is 17.7 Å². The van der Waals surface area contributed by atoms with Gasteiger partial charge in [0.05, 0.1) is 13.2 Å². The van der Waals surface area contributed by atoms with Crippen LogP contribution in [0.5, 0.6) is 0 Å². The Morgan fingerprint density at radius 2 is 2.16 bits per heavy atom. The van der Waals surface area contributed by atoms with E-state index in [9.17, 15) is 4.79 Å². The highest BCUT2D eigenvalue weighted by atomic mass is 79.9. The van der Waals surface area contributed by atoms with Gasteiger partial charge in [-0.3, -0.25) is 4.79 Å². The minimum atomic E-state index is -0.137. The molecule has 0 heterocycles. The molecule has 104 valence electrons. The highest BCUT2D eigenvalue weighted by Crippen LogP contribution is 2.17. The number of halogens is 1. The zero-order chi connectivity index (χ0) is 14.1. The lowest BCUT2D eigenvalue weighted by molar-refractivity contribution is -0.127. The first-order valence-corrected chi connectivity index (χ1v) is 6.79. The number of ether oxygens (including phenoxy) is 1. The van der Waals surface area contributed by atoms with Gasteiger partial charge in [0.1, 0.15) is 0 Å². The van der Waals surface area contributed by atoms with Crippen LogP contribution in [0.15, 0.2) is 34.8 Å². The zero-order valence-corrected chi connectivity index (χ0v) is 12.5. The van der Waals surface area contributed by atoms with Gasteiger partial charge < -0.3 is 14.7 Å². The van der Waals surface area contributed by atoms with Crippen LogP contribution in [0.1, 0.15) is 5.56 Å². The van der Waals surface area contributed by atoms with Crippen molar-refractivity contribution in [2.24, 2.45) is 0 Å². The van der Waals surface area contributed by atoms with Crippen molar-refractivity contribution in [3.63, 3.8) is 0 Å². The number of carbonyl (C=O) groups excluding carboxylic acids is 1. The average Bonchev–Trinajstić information content (AvgIpc) is 2.42. The van der Waals surface area contributed by atoms with Crippen LogP contribution in [0.3, 0.4) is 0 Å². The van der Waals surface area contributed by atoms with E-state index < -0.39 is 0 Å². The van der Waals surface area contributed by atoms with Gasteiger partial charge in [0.2, 0.25) is 5.91 Å². The van der Waals surface area contributed by atoms with Crippen LogP contribution in [0, 0.1) is 0 Å². The van der Waals surface area contributed by atoms with Crippen molar-refractivity contribution in [2.75, 3.05) is 33.4 Å². The molecule has 0 unspecified atom stereocenters. The van der Waals surface area contributed by atoms with Gasteiger partial charge >= 0.3 is 0 Å². The lowest BCUT2D eigenvalue weighted by Crippen LogP contribution is -2.34. The molecule has 0 radical (unpaired) electrons. The molecule has 1 N–H and O–H groups in total. The standard InChI is InChI=1S/C14H18BrNO3/c1-19-11-9-16(8-10-17)14(18)7-6-12-4-2-3-5-13(12)15/h2-7,17H,8-11H2,1H3/b7-6+. The number of amides is 1. The predicted molar refractivity (Wildman–Crippen MR) is 78.7 cm³/mol. The fourth-order valence-corrected chi connectivity index (χ4v) is 1.95. The predicted octanol–water partition coefficient (Wildman–Crippen LogP) is 1.93. The summed E-state index contributed by atoms with van der Waals surface area (Å²) >= 11 is 3.42. The Bertz CT molecular complexity index is 434. The summed E-state index contributed by atoms with van der Waals surface area (Å²) in [5.74, 6) is -0.137. The SMILES string of the molecule is COCCN(CCO)C(=O)/C=C/c1ccccc1Br. The van der Waals surface area contributed by atoms with E-state index in [0.29, 0.717) is 19.7 Å². The second-order valence-corrected chi connectivity index (χ2v) is 4.75. The normalized spacial score (nSPS) is 10.9. The number of rotatable bonds is 7. The first-order valence-electron chi connectivity index (χ1n) is 6.00. The Morgan fingerprint density at radius 1 is 1.42 bits per heavy atom. The van der Waals surface area contributed by atoms with Gasteiger partial charge in [-0.1, -0.05) is 34.1 Å². The van der Waals surface area contributed by atoms with E-state index in [1.165, 1.54) is 6.08 Å². The molecule has 1 amide bonds. The van der Waals surface area contributed by atoms with E-state index in [4.69, 9.17) is 9.84 Å². The molecule has 0 aliphatic rings. The molecule has 1 aromatic rings. The third-order valence-electron chi connectivity index (χ3n) is 2.56. The molecule has 19 heavy (non-hydrogen) atoms. The van der Waals surface area contributed by atoms with Crippen LogP contribution in [0.25, 0.3) is 6.08 Å². The van der Waals surface area contributed by atoms with Crippen LogP contribution in [-0.2, 0) is 9.53 Å². The van der Waals surface area contributed by atoms with Crippen molar-refractivity contribution >= 4 is 27.9 Å². The molecule has 0 bridgehead atoms. The van der Waals surface area contributed by atoms with Crippen LogP contribution in [-0.4, -0.2) is 49.3 Å². The summed E-state index contributed by atoms with van der Waals surface area (Å²) in [5.41, 5.74) is 0.937. The number of methoxy groups -OCH3 is 1. The molecular weight excluding hydrogens is 310 g/mol. The van der Waals surface area contributed by atoms with Crippen molar-refractivity contribution in [1.82, 2.24) is 4.90 Å². The van der Waals surface area contributed by atoms with Crippen molar-refractivity contribution in [3.05, 3.63) is 40.4 Å². The molecule has 0 spiro atoms. The number of nitrogens with zero attached hydrogens (tertiary/aromatic N) is 1. The third kappa shape index (κ3) is 5.55. The summed E-state index contributed by atoms with van der Waals surface area (Å²) in [6.45, 7) is 1.17. The molecule has 0 atom stereocenters. The fraction of sp³-hybridized carbons (Fsp3) is 0.357. The second kappa shape index (κ2) is 8.85. The Balaban J connectivity index is 2.67. The Kier molecular flexibility index (Phi) is 7.40. The minimum absolute atomic E-state index is 0.0572. The Morgan fingerprint density at radius 3 is 2.79 bits per heavy atom. The van der Waals surface area contributed by atoms with Gasteiger partial charge in [-0.25, -0.2) is 0 Å². The zero-order valence-electron chi connectivity index (χ0n) is 10.9. The van der Waals surface area contributed by atoms with Gasteiger partial charge in [0.15, 0.2) is 0 Å². The number of hydrogen-bond acceptors (Lipinski definition) is 3. The van der Waals surface area contributed by atoms with Crippen molar-refractivity contribution in [1.29, 1.82) is 0 Å². The van der Waals surface area contributed by atoms with Crippen molar-refractivity contribution < 1.29 is 14.6 Å². The van der Waals surface area contributed by atoms with E-state index in [-0.39, 0.29) is 12.5 Å². The van der Waals surface area contributed by atoms with Crippen molar-refractivity contribution in [2.45, 2.75) is 0 Å². The molecule has 0 aromatic heterocycles.